The van der Waals surface area contributed by atoms with Gasteiger partial charge < -0.3 is 0 Å². The van der Waals surface area contributed by atoms with Crippen molar-refractivity contribution in [2.45, 2.75) is 18.2 Å². The summed E-state index contributed by atoms with van der Waals surface area (Å²) in [5, 5.41) is 2.69. The molecule has 2 heterocycles. The first kappa shape index (κ1) is 17.7. The highest BCUT2D eigenvalue weighted by Gasteiger charge is 2.15. The normalized spacial score (nSPS) is 11.6. The van der Waals surface area contributed by atoms with Crippen LogP contribution in [-0.2, 0) is 16.4 Å². The summed E-state index contributed by atoms with van der Waals surface area (Å²) in [6, 6.07) is 9.34. The third kappa shape index (κ3) is 4.28. The van der Waals surface area contributed by atoms with E-state index in [9.17, 15) is 12.8 Å². The van der Waals surface area contributed by atoms with Crippen molar-refractivity contribution in [1.82, 2.24) is 14.7 Å². The zero-order valence-electron chi connectivity index (χ0n) is 13.4. The molecule has 3 rings (SSSR count). The SMILES string of the molecule is Cc1cc(S(=O)(=O)NCCc2csc(-c3ccccn3)n2)ccc1F. The number of pyridine rings is 1. The molecule has 0 radical (unpaired) electrons. The summed E-state index contributed by atoms with van der Waals surface area (Å²) in [6.45, 7) is 1.74. The number of nitrogens with zero attached hydrogens (tertiary/aromatic N) is 2. The van der Waals surface area contributed by atoms with E-state index >= 15 is 0 Å². The van der Waals surface area contributed by atoms with Gasteiger partial charge in [0.05, 0.1) is 16.3 Å². The molecule has 0 aliphatic rings. The lowest BCUT2D eigenvalue weighted by molar-refractivity contribution is 0.580. The molecule has 0 aliphatic carbocycles. The molecule has 3 aromatic rings. The van der Waals surface area contributed by atoms with Gasteiger partial charge in [0.1, 0.15) is 10.8 Å². The van der Waals surface area contributed by atoms with Crippen LogP contribution in [0.5, 0.6) is 0 Å². The van der Waals surface area contributed by atoms with Crippen LogP contribution >= 0.6 is 11.3 Å². The third-order valence-electron chi connectivity index (χ3n) is 3.55. The second-order valence-electron chi connectivity index (χ2n) is 5.42. The summed E-state index contributed by atoms with van der Waals surface area (Å²) < 4.78 is 40.3. The Balaban J connectivity index is 1.63. The molecule has 0 amide bonds. The minimum absolute atomic E-state index is 0.0545. The van der Waals surface area contributed by atoms with Gasteiger partial charge in [0.25, 0.3) is 0 Å². The molecular weight excluding hydrogens is 361 g/mol. The number of hydrogen-bond donors (Lipinski definition) is 1. The number of aromatic nitrogens is 2. The zero-order valence-corrected chi connectivity index (χ0v) is 15.1. The summed E-state index contributed by atoms with van der Waals surface area (Å²) >= 11 is 1.47. The summed E-state index contributed by atoms with van der Waals surface area (Å²) in [4.78, 5) is 8.77. The van der Waals surface area contributed by atoms with Crippen molar-refractivity contribution in [2.24, 2.45) is 0 Å². The Morgan fingerprint density at radius 1 is 1.24 bits per heavy atom. The average molecular weight is 377 g/mol. The van der Waals surface area contributed by atoms with Gasteiger partial charge in [0.2, 0.25) is 10.0 Å². The fourth-order valence-electron chi connectivity index (χ4n) is 2.21. The second kappa shape index (κ2) is 7.38. The first-order valence-electron chi connectivity index (χ1n) is 7.57. The van der Waals surface area contributed by atoms with Crippen molar-refractivity contribution in [3.63, 3.8) is 0 Å². The Morgan fingerprint density at radius 2 is 2.08 bits per heavy atom. The Labute approximate surface area is 149 Å². The molecular formula is C17H16FN3O2S2. The van der Waals surface area contributed by atoms with Crippen molar-refractivity contribution in [1.29, 1.82) is 0 Å². The van der Waals surface area contributed by atoms with E-state index < -0.39 is 15.8 Å². The average Bonchev–Trinajstić information content (AvgIpc) is 3.07. The maximum Gasteiger partial charge on any atom is 0.240 e. The van der Waals surface area contributed by atoms with Gasteiger partial charge in [-0.3, -0.25) is 4.98 Å². The fourth-order valence-corrected chi connectivity index (χ4v) is 4.16. The molecule has 0 fully saturated rings. The molecule has 0 saturated carbocycles. The standard InChI is InChI=1S/C17H16FN3O2S2/c1-12-10-14(5-6-15(12)18)25(22,23)20-9-7-13-11-24-17(21-13)16-4-2-3-8-19-16/h2-6,8,10-11,20H,7,9H2,1H3. The highest BCUT2D eigenvalue weighted by molar-refractivity contribution is 7.89. The van der Waals surface area contributed by atoms with E-state index in [-0.39, 0.29) is 11.4 Å². The molecule has 8 heteroatoms. The van der Waals surface area contributed by atoms with Crippen LogP contribution in [0.15, 0.2) is 52.9 Å². The van der Waals surface area contributed by atoms with Crippen LogP contribution in [0, 0.1) is 12.7 Å². The van der Waals surface area contributed by atoms with Gasteiger partial charge >= 0.3 is 0 Å². The maximum absolute atomic E-state index is 13.3. The lowest BCUT2D eigenvalue weighted by Gasteiger charge is -2.07. The van der Waals surface area contributed by atoms with Gasteiger partial charge in [-0.15, -0.1) is 11.3 Å². The Hall–Kier alpha value is -2.16. The Bertz CT molecular complexity index is 973. The lowest BCUT2D eigenvalue weighted by atomic mass is 10.2. The number of sulfonamides is 1. The van der Waals surface area contributed by atoms with E-state index in [0.717, 1.165) is 22.5 Å². The van der Waals surface area contributed by atoms with Crippen molar-refractivity contribution in [3.05, 3.63) is 65.0 Å². The number of rotatable bonds is 6. The van der Waals surface area contributed by atoms with Crippen molar-refractivity contribution >= 4 is 21.4 Å². The molecule has 0 unspecified atom stereocenters. The van der Waals surface area contributed by atoms with Crippen LogP contribution in [-0.4, -0.2) is 24.9 Å². The molecule has 0 spiro atoms. The molecule has 2 aromatic heterocycles. The van der Waals surface area contributed by atoms with Crippen LogP contribution < -0.4 is 4.72 Å². The number of nitrogens with one attached hydrogen (secondary N) is 1. The maximum atomic E-state index is 13.3. The summed E-state index contributed by atoms with van der Waals surface area (Å²) in [5.41, 5.74) is 1.88. The van der Waals surface area contributed by atoms with Gasteiger partial charge in [0, 0.05) is 24.5 Å². The van der Waals surface area contributed by atoms with E-state index in [1.807, 2.05) is 23.6 Å². The largest absolute Gasteiger partial charge is 0.254 e. The van der Waals surface area contributed by atoms with E-state index in [4.69, 9.17) is 0 Å². The molecule has 130 valence electrons. The predicted octanol–water partition coefficient (Wildman–Crippen LogP) is 3.17. The molecule has 0 bridgehead atoms. The van der Waals surface area contributed by atoms with Gasteiger partial charge in [-0.1, -0.05) is 6.07 Å². The minimum atomic E-state index is -3.67. The highest BCUT2D eigenvalue weighted by atomic mass is 32.2. The fraction of sp³-hybridized carbons (Fsp3) is 0.176. The van der Waals surface area contributed by atoms with E-state index in [1.165, 1.54) is 30.4 Å². The van der Waals surface area contributed by atoms with Gasteiger partial charge in [-0.25, -0.2) is 22.5 Å². The summed E-state index contributed by atoms with van der Waals surface area (Å²) in [6.07, 6.45) is 2.16. The second-order valence-corrected chi connectivity index (χ2v) is 8.04. The Kier molecular flexibility index (Phi) is 5.22. The first-order chi connectivity index (χ1) is 12.0. The van der Waals surface area contributed by atoms with Crippen LogP contribution in [0.25, 0.3) is 10.7 Å². The number of halogens is 1. The number of benzene rings is 1. The number of hydrogen-bond acceptors (Lipinski definition) is 5. The van der Waals surface area contributed by atoms with E-state index in [2.05, 4.69) is 14.7 Å². The summed E-state index contributed by atoms with van der Waals surface area (Å²) in [5.74, 6) is -0.427. The predicted molar refractivity (Wildman–Crippen MR) is 95.4 cm³/mol. The zero-order chi connectivity index (χ0) is 17.9. The third-order valence-corrected chi connectivity index (χ3v) is 5.92. The molecule has 1 N–H and O–H groups in total. The van der Waals surface area contributed by atoms with Crippen LogP contribution in [0.2, 0.25) is 0 Å². The molecule has 0 aliphatic heterocycles. The monoisotopic (exact) mass is 377 g/mol. The van der Waals surface area contributed by atoms with Crippen molar-refractivity contribution < 1.29 is 12.8 Å². The smallest absolute Gasteiger partial charge is 0.240 e. The topological polar surface area (TPSA) is 72.0 Å². The van der Waals surface area contributed by atoms with E-state index in [1.54, 1.807) is 6.20 Å². The molecule has 1 aromatic carbocycles. The van der Waals surface area contributed by atoms with Crippen molar-refractivity contribution in [2.75, 3.05) is 6.54 Å². The lowest BCUT2D eigenvalue weighted by Crippen LogP contribution is -2.26. The Morgan fingerprint density at radius 3 is 2.80 bits per heavy atom. The number of aryl methyl sites for hydroxylation is 1. The van der Waals surface area contributed by atoms with Gasteiger partial charge in [-0.05, 0) is 42.8 Å². The van der Waals surface area contributed by atoms with Gasteiger partial charge in [-0.2, -0.15) is 0 Å². The quantitative estimate of drug-likeness (QED) is 0.716. The summed E-state index contributed by atoms with van der Waals surface area (Å²) in [7, 11) is -3.67. The molecule has 5 nitrogen and oxygen atoms in total. The molecule has 0 atom stereocenters. The molecule has 25 heavy (non-hydrogen) atoms. The molecule has 0 saturated heterocycles. The number of thiazole rings is 1. The highest BCUT2D eigenvalue weighted by Crippen LogP contribution is 2.21. The van der Waals surface area contributed by atoms with E-state index in [0.29, 0.717) is 12.0 Å². The first-order valence-corrected chi connectivity index (χ1v) is 9.93. The minimum Gasteiger partial charge on any atom is -0.254 e. The van der Waals surface area contributed by atoms with Crippen molar-refractivity contribution in [3.8, 4) is 10.7 Å². The van der Waals surface area contributed by atoms with Crippen LogP contribution in [0.3, 0.4) is 0 Å². The van der Waals surface area contributed by atoms with Gasteiger partial charge in [0.15, 0.2) is 0 Å². The van der Waals surface area contributed by atoms with Crippen LogP contribution in [0.4, 0.5) is 4.39 Å². The van der Waals surface area contributed by atoms with Crippen LogP contribution in [0.1, 0.15) is 11.3 Å².